The van der Waals surface area contributed by atoms with E-state index in [0.717, 1.165) is 23.4 Å². The molecule has 0 saturated carbocycles. The van der Waals surface area contributed by atoms with Crippen molar-refractivity contribution in [3.05, 3.63) is 35.4 Å². The molecule has 0 aromatic heterocycles. The molecule has 90 valence electrons. The lowest BCUT2D eigenvalue weighted by atomic mass is 10.1. The summed E-state index contributed by atoms with van der Waals surface area (Å²) >= 11 is 7.66. The molecule has 2 rings (SSSR count). The maximum Gasteiger partial charge on any atom is 0.248 e. The maximum atomic E-state index is 11.8. The van der Waals surface area contributed by atoms with Crippen LogP contribution in [-0.4, -0.2) is 23.4 Å². The van der Waals surface area contributed by atoms with Crippen LogP contribution in [0.5, 0.6) is 0 Å². The van der Waals surface area contributed by atoms with Gasteiger partial charge in [-0.1, -0.05) is 41.6 Å². The Balaban J connectivity index is 2.01. The number of nitrogens with zero attached hydrogens (tertiary/aromatic N) is 1. The first-order valence-corrected chi connectivity index (χ1v) is 6.78. The van der Waals surface area contributed by atoms with E-state index in [-0.39, 0.29) is 5.91 Å². The molecule has 1 aliphatic heterocycles. The molecular formula is C12H13ClN2OS. The molecule has 1 atom stereocenters. The van der Waals surface area contributed by atoms with Gasteiger partial charge in [0.25, 0.3) is 0 Å². The molecular weight excluding hydrogens is 256 g/mol. The van der Waals surface area contributed by atoms with Crippen LogP contribution in [0.3, 0.4) is 0 Å². The largest absolute Gasteiger partial charge is 0.304 e. The van der Waals surface area contributed by atoms with Crippen LogP contribution in [0.25, 0.3) is 0 Å². The lowest BCUT2D eigenvalue weighted by Gasteiger charge is -2.10. The molecule has 1 aromatic carbocycles. The van der Waals surface area contributed by atoms with Crippen LogP contribution in [-0.2, 0) is 4.79 Å². The summed E-state index contributed by atoms with van der Waals surface area (Å²) in [5, 5.41) is 2.74. The molecule has 17 heavy (non-hydrogen) atoms. The summed E-state index contributed by atoms with van der Waals surface area (Å²) < 4.78 is 0. The van der Waals surface area contributed by atoms with Gasteiger partial charge in [-0.25, -0.2) is 0 Å². The van der Waals surface area contributed by atoms with Gasteiger partial charge in [-0.05, 0) is 12.5 Å². The zero-order chi connectivity index (χ0) is 12.3. The van der Waals surface area contributed by atoms with Crippen molar-refractivity contribution in [2.24, 2.45) is 4.99 Å². The maximum absolute atomic E-state index is 11.8. The molecule has 0 radical (unpaired) electrons. The fourth-order valence-corrected chi connectivity index (χ4v) is 2.40. The Hall–Kier alpha value is -1.00. The number of amides is 1. The van der Waals surface area contributed by atoms with Gasteiger partial charge >= 0.3 is 0 Å². The number of rotatable bonds is 2. The van der Waals surface area contributed by atoms with Gasteiger partial charge in [-0.15, -0.1) is 11.6 Å². The van der Waals surface area contributed by atoms with Crippen molar-refractivity contribution >= 4 is 34.4 Å². The van der Waals surface area contributed by atoms with E-state index in [0.29, 0.717) is 5.17 Å². The number of aliphatic imine (C=N–C) groups is 1. The Morgan fingerprint density at radius 1 is 1.47 bits per heavy atom. The molecule has 1 aliphatic rings. The van der Waals surface area contributed by atoms with Crippen LogP contribution < -0.4 is 5.32 Å². The smallest absolute Gasteiger partial charge is 0.248 e. The molecule has 0 spiro atoms. The number of amidine groups is 1. The molecule has 1 N–H and O–H groups in total. The quantitative estimate of drug-likeness (QED) is 0.838. The summed E-state index contributed by atoms with van der Waals surface area (Å²) in [6, 6.07) is 7.63. The van der Waals surface area contributed by atoms with E-state index in [4.69, 9.17) is 11.6 Å². The molecule has 0 fully saturated rings. The van der Waals surface area contributed by atoms with Crippen molar-refractivity contribution in [1.29, 1.82) is 0 Å². The lowest BCUT2D eigenvalue weighted by Crippen LogP contribution is -2.30. The van der Waals surface area contributed by atoms with Crippen molar-refractivity contribution < 1.29 is 4.79 Å². The van der Waals surface area contributed by atoms with Gasteiger partial charge in [-0.2, -0.15) is 0 Å². The third-order valence-electron chi connectivity index (χ3n) is 2.42. The molecule has 3 nitrogen and oxygen atoms in total. The highest BCUT2D eigenvalue weighted by atomic mass is 35.5. The van der Waals surface area contributed by atoms with E-state index in [2.05, 4.69) is 10.3 Å². The lowest BCUT2D eigenvalue weighted by molar-refractivity contribution is -0.119. The van der Waals surface area contributed by atoms with Crippen LogP contribution in [0.15, 0.2) is 29.3 Å². The van der Waals surface area contributed by atoms with E-state index < -0.39 is 5.38 Å². The number of hydrogen-bond acceptors (Lipinski definition) is 3. The van der Waals surface area contributed by atoms with Gasteiger partial charge in [-0.3, -0.25) is 9.79 Å². The molecule has 0 bridgehead atoms. The van der Waals surface area contributed by atoms with Gasteiger partial charge in [0.2, 0.25) is 5.91 Å². The van der Waals surface area contributed by atoms with Crippen molar-refractivity contribution in [1.82, 2.24) is 5.32 Å². The third-order valence-corrected chi connectivity index (χ3v) is 3.76. The first-order chi connectivity index (χ1) is 8.16. The number of hydrogen-bond donors (Lipinski definition) is 1. The number of thioether (sulfide) groups is 1. The number of nitrogens with one attached hydrogen (secondary N) is 1. The highest BCUT2D eigenvalue weighted by molar-refractivity contribution is 8.14. The van der Waals surface area contributed by atoms with E-state index in [9.17, 15) is 4.79 Å². The predicted octanol–water partition coefficient (Wildman–Crippen LogP) is 2.49. The summed E-state index contributed by atoms with van der Waals surface area (Å²) in [6.07, 6.45) is 0. The molecule has 0 aliphatic carbocycles. The summed E-state index contributed by atoms with van der Waals surface area (Å²) in [5.74, 6) is 0.705. The normalized spacial score (nSPS) is 16.5. The topological polar surface area (TPSA) is 41.5 Å². The summed E-state index contributed by atoms with van der Waals surface area (Å²) in [7, 11) is 0. The van der Waals surface area contributed by atoms with E-state index >= 15 is 0 Å². The minimum atomic E-state index is -0.667. The van der Waals surface area contributed by atoms with Crippen molar-refractivity contribution in [3.8, 4) is 0 Å². The fourth-order valence-electron chi connectivity index (χ4n) is 1.47. The van der Waals surface area contributed by atoms with Crippen molar-refractivity contribution in [2.75, 3.05) is 12.3 Å². The first kappa shape index (κ1) is 12.5. The monoisotopic (exact) mass is 268 g/mol. The predicted molar refractivity (Wildman–Crippen MR) is 72.7 cm³/mol. The van der Waals surface area contributed by atoms with Crippen LogP contribution in [0, 0.1) is 6.92 Å². The van der Waals surface area contributed by atoms with Crippen LogP contribution in [0.4, 0.5) is 0 Å². The molecule has 5 heteroatoms. The minimum absolute atomic E-state index is 0.219. The zero-order valence-electron chi connectivity index (χ0n) is 9.44. The standard InChI is InChI=1S/C12H13ClN2OS/c1-8-2-4-9(5-3-8)10(13)11(16)15-12-14-6-7-17-12/h2-5,10H,6-7H2,1H3,(H,14,15,16)/t10-/m1/s1. The highest BCUT2D eigenvalue weighted by Gasteiger charge is 2.20. The summed E-state index contributed by atoms with van der Waals surface area (Å²) in [6.45, 7) is 2.76. The van der Waals surface area contributed by atoms with Gasteiger partial charge in [0.15, 0.2) is 5.17 Å². The second kappa shape index (κ2) is 5.56. The number of carbonyl (C=O) groups excluding carboxylic acids is 1. The van der Waals surface area contributed by atoms with Crippen LogP contribution in [0.1, 0.15) is 16.5 Å². The second-order valence-electron chi connectivity index (χ2n) is 3.80. The summed E-state index contributed by atoms with van der Waals surface area (Å²) in [5.41, 5.74) is 1.95. The Bertz CT molecular complexity index is 444. The van der Waals surface area contributed by atoms with Gasteiger partial charge in [0.1, 0.15) is 5.38 Å². The van der Waals surface area contributed by atoms with Crippen LogP contribution >= 0.6 is 23.4 Å². The average molecular weight is 269 g/mol. The highest BCUT2D eigenvalue weighted by Crippen LogP contribution is 2.21. The second-order valence-corrected chi connectivity index (χ2v) is 5.32. The van der Waals surface area contributed by atoms with Gasteiger partial charge in [0, 0.05) is 5.75 Å². The average Bonchev–Trinajstić information content (AvgIpc) is 2.82. The van der Waals surface area contributed by atoms with E-state index in [1.54, 1.807) is 11.8 Å². The third kappa shape index (κ3) is 3.23. The number of aryl methyl sites for hydroxylation is 1. The molecule has 1 aromatic rings. The Labute approximate surface area is 110 Å². The number of alkyl halides is 1. The van der Waals surface area contributed by atoms with Gasteiger partial charge < -0.3 is 5.32 Å². The van der Waals surface area contributed by atoms with E-state index in [1.165, 1.54) is 0 Å². The molecule has 1 amide bonds. The molecule has 0 unspecified atom stereocenters. The number of benzene rings is 1. The fraction of sp³-hybridized carbons (Fsp3) is 0.333. The van der Waals surface area contributed by atoms with Gasteiger partial charge in [0.05, 0.1) is 6.54 Å². The Kier molecular flexibility index (Phi) is 4.07. The first-order valence-electron chi connectivity index (χ1n) is 5.35. The summed E-state index contributed by atoms with van der Waals surface area (Å²) in [4.78, 5) is 16.0. The number of halogens is 1. The van der Waals surface area contributed by atoms with E-state index in [1.807, 2.05) is 31.2 Å². The zero-order valence-corrected chi connectivity index (χ0v) is 11.0. The van der Waals surface area contributed by atoms with Crippen LogP contribution in [0.2, 0.25) is 0 Å². The molecule has 0 saturated heterocycles. The Morgan fingerprint density at radius 2 is 2.18 bits per heavy atom. The Morgan fingerprint density at radius 3 is 2.76 bits per heavy atom. The minimum Gasteiger partial charge on any atom is -0.304 e. The SMILES string of the molecule is Cc1ccc([C@@H](Cl)C(=O)NC2=NCCS2)cc1. The number of carbonyl (C=O) groups is 1. The van der Waals surface area contributed by atoms with Crippen molar-refractivity contribution in [2.45, 2.75) is 12.3 Å². The van der Waals surface area contributed by atoms with Crippen molar-refractivity contribution in [3.63, 3.8) is 0 Å². The molecule has 1 heterocycles.